The largest absolute Gasteiger partial charge is 0.493 e. The summed E-state index contributed by atoms with van der Waals surface area (Å²) in [4.78, 5) is 14.2. The van der Waals surface area contributed by atoms with Gasteiger partial charge in [-0.05, 0) is 52.3 Å². The summed E-state index contributed by atoms with van der Waals surface area (Å²) in [6.45, 7) is 9.88. The van der Waals surface area contributed by atoms with Crippen molar-refractivity contribution in [2.75, 3.05) is 13.4 Å². The number of ether oxygens (including phenoxy) is 1. The normalized spacial score (nSPS) is 12.0. The van der Waals surface area contributed by atoms with E-state index in [0.717, 1.165) is 11.8 Å². The van der Waals surface area contributed by atoms with Crippen molar-refractivity contribution in [3.8, 4) is 11.5 Å². The summed E-state index contributed by atoms with van der Waals surface area (Å²) in [5.41, 5.74) is 0.381. The first kappa shape index (κ1) is 21.1. The van der Waals surface area contributed by atoms with Gasteiger partial charge in [0.15, 0.2) is 11.5 Å². The van der Waals surface area contributed by atoms with E-state index in [0.29, 0.717) is 12.3 Å². The van der Waals surface area contributed by atoms with Crippen LogP contribution in [-0.4, -0.2) is 44.3 Å². The van der Waals surface area contributed by atoms with Gasteiger partial charge in [0.25, 0.3) is 0 Å². The molecule has 2 amide bonds. The van der Waals surface area contributed by atoms with Crippen LogP contribution in [0.3, 0.4) is 0 Å². The van der Waals surface area contributed by atoms with Gasteiger partial charge in [0, 0.05) is 18.1 Å². The van der Waals surface area contributed by atoms with Gasteiger partial charge in [-0.1, -0.05) is 6.07 Å². The fourth-order valence-corrected chi connectivity index (χ4v) is 2.58. The van der Waals surface area contributed by atoms with Crippen molar-refractivity contribution in [2.24, 2.45) is 0 Å². The Bertz CT molecular complexity index is 708. The average molecular weight is 372 g/mol. The first-order chi connectivity index (χ1) is 11.3. The molecule has 0 aromatic heterocycles. The third-order valence-electron chi connectivity index (χ3n) is 3.19. The second kappa shape index (κ2) is 7.95. The van der Waals surface area contributed by atoms with Gasteiger partial charge in [0.2, 0.25) is 0 Å². The molecule has 0 aliphatic heterocycles. The zero-order chi connectivity index (χ0) is 19.4. The molecule has 0 radical (unpaired) electrons. The number of benzene rings is 1. The van der Waals surface area contributed by atoms with E-state index in [4.69, 9.17) is 8.92 Å². The van der Waals surface area contributed by atoms with Gasteiger partial charge < -0.3 is 19.1 Å². The summed E-state index contributed by atoms with van der Waals surface area (Å²) in [7, 11) is -2.25. The number of nitrogens with zero attached hydrogens (tertiary/aromatic N) is 1. The number of methoxy groups -OCH3 is 1. The highest BCUT2D eigenvalue weighted by atomic mass is 32.2. The molecule has 1 aromatic rings. The number of amides is 2. The minimum Gasteiger partial charge on any atom is -0.493 e. The van der Waals surface area contributed by atoms with Crippen molar-refractivity contribution in [2.45, 2.75) is 52.7 Å². The molecule has 142 valence electrons. The summed E-state index contributed by atoms with van der Waals surface area (Å²) in [6, 6.07) is 4.73. The summed E-state index contributed by atoms with van der Waals surface area (Å²) in [6.07, 6.45) is 0.969. The monoisotopic (exact) mass is 372 g/mol. The van der Waals surface area contributed by atoms with E-state index in [2.05, 4.69) is 5.32 Å². The maximum Gasteiger partial charge on any atom is 0.318 e. The first-order valence-electron chi connectivity index (χ1n) is 7.97. The Balaban J connectivity index is 3.09. The van der Waals surface area contributed by atoms with Crippen LogP contribution < -0.4 is 14.2 Å². The molecule has 0 saturated carbocycles. The Labute approximate surface area is 150 Å². The number of nitrogens with one attached hydrogen (secondary N) is 1. The molecular weight excluding hydrogens is 344 g/mol. The van der Waals surface area contributed by atoms with Gasteiger partial charge in [0.05, 0.1) is 13.4 Å². The lowest BCUT2D eigenvalue weighted by atomic mass is 10.1. The number of hydrogen-bond donors (Lipinski definition) is 1. The minimum atomic E-state index is -3.68. The minimum absolute atomic E-state index is 0.0382. The highest BCUT2D eigenvalue weighted by Crippen LogP contribution is 2.30. The number of hydrogen-bond acceptors (Lipinski definition) is 5. The molecule has 0 unspecified atom stereocenters. The van der Waals surface area contributed by atoms with Gasteiger partial charge in [-0.2, -0.15) is 8.42 Å². The first-order valence-corrected chi connectivity index (χ1v) is 9.79. The molecule has 1 N–H and O–H groups in total. The molecule has 0 fully saturated rings. The third kappa shape index (κ3) is 7.21. The lowest BCUT2D eigenvalue weighted by Crippen LogP contribution is -2.50. The Morgan fingerprint density at radius 3 is 2.28 bits per heavy atom. The third-order valence-corrected chi connectivity index (χ3v) is 3.67. The SMILES string of the molecule is COc1ccc(CN(C(=O)NC(C)(C)C)C(C)C)cc1OS(C)(=O)=O. The van der Waals surface area contributed by atoms with Crippen LogP contribution in [0, 0.1) is 0 Å². The van der Waals surface area contributed by atoms with E-state index in [1.807, 2.05) is 34.6 Å². The molecule has 1 rings (SSSR count). The van der Waals surface area contributed by atoms with Crippen LogP contribution >= 0.6 is 0 Å². The fraction of sp³-hybridized carbons (Fsp3) is 0.588. The van der Waals surface area contributed by atoms with Crippen LogP contribution in [0.4, 0.5) is 4.79 Å². The number of carbonyl (C=O) groups is 1. The van der Waals surface area contributed by atoms with E-state index in [9.17, 15) is 13.2 Å². The highest BCUT2D eigenvalue weighted by Gasteiger charge is 2.22. The molecule has 1 aromatic carbocycles. The van der Waals surface area contributed by atoms with Crippen LogP contribution in [0.15, 0.2) is 18.2 Å². The molecule has 0 aliphatic carbocycles. The van der Waals surface area contributed by atoms with E-state index in [1.165, 1.54) is 7.11 Å². The van der Waals surface area contributed by atoms with Crippen molar-refractivity contribution >= 4 is 16.1 Å². The lowest BCUT2D eigenvalue weighted by Gasteiger charge is -2.31. The molecule has 7 nitrogen and oxygen atoms in total. The van der Waals surface area contributed by atoms with Crippen molar-refractivity contribution in [1.29, 1.82) is 0 Å². The quantitative estimate of drug-likeness (QED) is 0.776. The van der Waals surface area contributed by atoms with Crippen LogP contribution in [-0.2, 0) is 16.7 Å². The summed E-state index contributed by atoms with van der Waals surface area (Å²) in [5, 5.41) is 2.93. The van der Waals surface area contributed by atoms with Gasteiger partial charge >= 0.3 is 16.1 Å². The fourth-order valence-electron chi connectivity index (χ4n) is 2.13. The second-order valence-corrected chi connectivity index (χ2v) is 8.75. The Kier molecular flexibility index (Phi) is 6.70. The molecule has 0 bridgehead atoms. The average Bonchev–Trinajstić information content (AvgIpc) is 2.40. The summed E-state index contributed by atoms with van der Waals surface area (Å²) >= 11 is 0. The van der Waals surface area contributed by atoms with Gasteiger partial charge in [-0.3, -0.25) is 0 Å². The summed E-state index contributed by atoms with van der Waals surface area (Å²) in [5.74, 6) is 0.409. The second-order valence-electron chi connectivity index (χ2n) is 7.17. The van der Waals surface area contributed by atoms with Crippen molar-refractivity contribution in [1.82, 2.24) is 10.2 Å². The van der Waals surface area contributed by atoms with Crippen LogP contribution in [0.1, 0.15) is 40.2 Å². The number of urea groups is 1. The van der Waals surface area contributed by atoms with Gasteiger partial charge in [-0.15, -0.1) is 0 Å². The summed E-state index contributed by atoms with van der Waals surface area (Å²) < 4.78 is 33.0. The Morgan fingerprint density at radius 2 is 1.84 bits per heavy atom. The highest BCUT2D eigenvalue weighted by molar-refractivity contribution is 7.86. The van der Waals surface area contributed by atoms with Gasteiger partial charge in [0.1, 0.15) is 0 Å². The predicted octanol–water partition coefficient (Wildman–Crippen LogP) is 2.75. The van der Waals surface area contributed by atoms with Crippen molar-refractivity contribution in [3.05, 3.63) is 23.8 Å². The zero-order valence-corrected chi connectivity index (χ0v) is 16.7. The van der Waals surface area contributed by atoms with Crippen molar-refractivity contribution in [3.63, 3.8) is 0 Å². The standard InChI is InChI=1S/C17H28N2O5S/c1-12(2)19(16(20)18-17(3,4)5)11-13-8-9-14(23-6)15(10-13)24-25(7,21)22/h8-10,12H,11H2,1-7H3,(H,18,20). The topological polar surface area (TPSA) is 84.9 Å². The van der Waals surface area contributed by atoms with E-state index in [-0.39, 0.29) is 23.4 Å². The van der Waals surface area contributed by atoms with E-state index in [1.54, 1.807) is 23.1 Å². The van der Waals surface area contributed by atoms with E-state index < -0.39 is 10.1 Å². The molecular formula is C17H28N2O5S. The molecule has 0 atom stereocenters. The van der Waals surface area contributed by atoms with Crippen LogP contribution in [0.5, 0.6) is 11.5 Å². The predicted molar refractivity (Wildman–Crippen MR) is 97.4 cm³/mol. The molecule has 0 spiro atoms. The molecule has 0 aliphatic rings. The van der Waals surface area contributed by atoms with Crippen molar-refractivity contribution < 1.29 is 22.1 Å². The molecule has 25 heavy (non-hydrogen) atoms. The molecule has 0 heterocycles. The zero-order valence-electron chi connectivity index (χ0n) is 15.9. The molecule has 8 heteroatoms. The van der Waals surface area contributed by atoms with Gasteiger partial charge in [-0.25, -0.2) is 4.79 Å². The van der Waals surface area contributed by atoms with Crippen LogP contribution in [0.2, 0.25) is 0 Å². The number of rotatable bonds is 6. The lowest BCUT2D eigenvalue weighted by molar-refractivity contribution is 0.171. The van der Waals surface area contributed by atoms with Crippen LogP contribution in [0.25, 0.3) is 0 Å². The Morgan fingerprint density at radius 1 is 1.24 bits per heavy atom. The number of carbonyl (C=O) groups excluding carboxylic acids is 1. The maximum absolute atomic E-state index is 12.5. The smallest absolute Gasteiger partial charge is 0.318 e. The van der Waals surface area contributed by atoms with E-state index >= 15 is 0 Å². The maximum atomic E-state index is 12.5. The Hall–Kier alpha value is -1.96. The molecule has 0 saturated heterocycles.